The van der Waals surface area contributed by atoms with Gasteiger partial charge in [-0.15, -0.1) is 5.10 Å². The van der Waals surface area contributed by atoms with Crippen molar-refractivity contribution < 1.29 is 19.1 Å². The summed E-state index contributed by atoms with van der Waals surface area (Å²) in [5.41, 5.74) is 0.812. The summed E-state index contributed by atoms with van der Waals surface area (Å²) in [5, 5.41) is 16.6. The number of hydrogen-bond donors (Lipinski definition) is 1. The fourth-order valence-electron chi connectivity index (χ4n) is 4.32. The Morgan fingerprint density at radius 2 is 2.12 bits per heavy atom. The first-order chi connectivity index (χ1) is 16.5. The molecule has 1 fully saturated rings. The molecular formula is C23H22Cl2N4O4S. The normalized spacial score (nSPS) is 16.2. The van der Waals surface area contributed by atoms with Crippen LogP contribution in [0.2, 0.25) is 10.0 Å². The molecule has 5 rings (SSSR count). The van der Waals surface area contributed by atoms with E-state index >= 15 is 0 Å². The van der Waals surface area contributed by atoms with Gasteiger partial charge in [-0.05, 0) is 62.7 Å². The zero-order chi connectivity index (χ0) is 23.8. The van der Waals surface area contributed by atoms with E-state index in [2.05, 4.69) is 15.0 Å². The van der Waals surface area contributed by atoms with Crippen molar-refractivity contribution in [1.82, 2.24) is 19.5 Å². The number of rotatable bonds is 6. The molecule has 1 saturated heterocycles. The lowest BCUT2D eigenvalue weighted by Gasteiger charge is -2.37. The Balaban J connectivity index is 1.51. The van der Waals surface area contributed by atoms with E-state index < -0.39 is 0 Å². The smallest absolute Gasteiger partial charge is 0.309 e. The summed E-state index contributed by atoms with van der Waals surface area (Å²) in [7, 11) is 0. The minimum absolute atomic E-state index is 0.00570. The van der Waals surface area contributed by atoms with Gasteiger partial charge in [0.1, 0.15) is 0 Å². The number of fused-ring (bicyclic) bond motifs is 1. The van der Waals surface area contributed by atoms with Gasteiger partial charge in [0.2, 0.25) is 16.7 Å². The van der Waals surface area contributed by atoms with E-state index in [0.29, 0.717) is 64.0 Å². The van der Waals surface area contributed by atoms with E-state index in [1.807, 2.05) is 13.0 Å². The van der Waals surface area contributed by atoms with E-state index in [9.17, 15) is 9.90 Å². The Kier molecular flexibility index (Phi) is 6.52. The lowest BCUT2D eigenvalue weighted by Crippen LogP contribution is -2.39. The Morgan fingerprint density at radius 1 is 1.32 bits per heavy atom. The van der Waals surface area contributed by atoms with Crippen LogP contribution in [0.15, 0.2) is 41.0 Å². The first-order valence-corrected chi connectivity index (χ1v) is 12.5. The number of halogens is 2. The molecule has 11 heteroatoms. The van der Waals surface area contributed by atoms with E-state index in [1.54, 1.807) is 30.5 Å². The summed E-state index contributed by atoms with van der Waals surface area (Å²) in [6.07, 6.45) is 2.86. The van der Waals surface area contributed by atoms with Gasteiger partial charge in [-0.2, -0.15) is 9.50 Å². The zero-order valence-electron chi connectivity index (χ0n) is 18.3. The summed E-state index contributed by atoms with van der Waals surface area (Å²) in [6.45, 7) is 3.46. The van der Waals surface area contributed by atoms with Crippen LogP contribution in [0, 0.1) is 5.92 Å². The fourth-order valence-corrected chi connectivity index (χ4v) is 5.94. The summed E-state index contributed by atoms with van der Waals surface area (Å²) < 4.78 is 12.0. The molecule has 178 valence electrons. The highest BCUT2D eigenvalue weighted by Crippen LogP contribution is 2.44. The third kappa shape index (κ3) is 4.29. The van der Waals surface area contributed by atoms with Crippen molar-refractivity contribution in [2.24, 2.45) is 5.92 Å². The predicted octanol–water partition coefficient (Wildman–Crippen LogP) is 5.43. The van der Waals surface area contributed by atoms with Crippen LogP contribution >= 0.6 is 34.5 Å². The van der Waals surface area contributed by atoms with E-state index in [1.165, 1.54) is 15.9 Å². The summed E-state index contributed by atoms with van der Waals surface area (Å²) in [5.74, 6) is 0.623. The summed E-state index contributed by atoms with van der Waals surface area (Å²) >= 11 is 14.1. The monoisotopic (exact) mass is 520 g/mol. The average Bonchev–Trinajstić information content (AvgIpc) is 3.55. The standard InChI is InChI=1S/C23H22Cl2N4O4S/c1-2-32-22(31)13-7-9-28(10-8-13)18(15-6-5-14(24)12-16(15)25)19-21(30)29-23(34-19)26-20(27-29)17-4-3-11-33-17/h3-6,11-13,18,30H,2,7-10H2,1H3/t18-/m1/s1. The molecule has 1 atom stereocenters. The molecule has 1 aliphatic heterocycles. The van der Waals surface area contributed by atoms with Crippen molar-refractivity contribution in [2.75, 3.05) is 19.7 Å². The molecule has 1 aromatic carbocycles. The Labute approximate surface area is 209 Å². The Hall–Kier alpha value is -2.59. The molecule has 1 N–H and O–H groups in total. The van der Waals surface area contributed by atoms with Gasteiger partial charge < -0.3 is 14.3 Å². The van der Waals surface area contributed by atoms with Crippen LogP contribution in [0.4, 0.5) is 0 Å². The minimum atomic E-state index is -0.353. The molecule has 0 bridgehead atoms. The Bertz CT molecular complexity index is 1310. The SMILES string of the molecule is CCOC(=O)C1CCN([C@H](c2ccc(Cl)cc2Cl)c2sc3nc(-c4ccco4)nn3c2O)CC1. The molecule has 4 heterocycles. The fraction of sp³-hybridized carbons (Fsp3) is 0.348. The third-order valence-corrected chi connectivity index (χ3v) is 7.60. The molecule has 4 aromatic rings. The first kappa shape index (κ1) is 23.2. The molecule has 34 heavy (non-hydrogen) atoms. The molecule has 0 unspecified atom stereocenters. The van der Waals surface area contributed by atoms with Gasteiger partial charge in [-0.25, -0.2) is 0 Å². The highest BCUT2D eigenvalue weighted by molar-refractivity contribution is 7.17. The van der Waals surface area contributed by atoms with Gasteiger partial charge in [0, 0.05) is 10.0 Å². The molecule has 1 aliphatic rings. The maximum atomic E-state index is 12.2. The molecule has 3 aromatic heterocycles. The second-order valence-electron chi connectivity index (χ2n) is 8.03. The van der Waals surface area contributed by atoms with E-state index in [-0.39, 0.29) is 23.8 Å². The molecule has 0 radical (unpaired) electrons. The molecular weight excluding hydrogens is 499 g/mol. The van der Waals surface area contributed by atoms with Gasteiger partial charge in [0.05, 0.1) is 29.7 Å². The second-order valence-corrected chi connectivity index (χ2v) is 9.88. The van der Waals surface area contributed by atoms with Crippen LogP contribution in [0.25, 0.3) is 16.5 Å². The van der Waals surface area contributed by atoms with Crippen LogP contribution in [0.5, 0.6) is 5.88 Å². The average molecular weight is 521 g/mol. The largest absolute Gasteiger partial charge is 0.492 e. The molecule has 0 aliphatic carbocycles. The van der Waals surface area contributed by atoms with Crippen molar-refractivity contribution in [1.29, 1.82) is 0 Å². The number of carbonyl (C=O) groups excluding carboxylic acids is 1. The van der Waals surface area contributed by atoms with Gasteiger partial charge in [0.15, 0.2) is 5.76 Å². The van der Waals surface area contributed by atoms with Crippen LogP contribution in [0.3, 0.4) is 0 Å². The number of hydrogen-bond acceptors (Lipinski definition) is 8. The number of ether oxygens (including phenoxy) is 1. The first-order valence-electron chi connectivity index (χ1n) is 10.9. The quantitative estimate of drug-likeness (QED) is 0.339. The number of carbonyl (C=O) groups is 1. The molecule has 0 spiro atoms. The maximum absolute atomic E-state index is 12.2. The van der Waals surface area contributed by atoms with Crippen molar-refractivity contribution in [3.05, 3.63) is 57.1 Å². The third-order valence-electron chi connectivity index (χ3n) is 5.96. The van der Waals surface area contributed by atoms with Crippen LogP contribution < -0.4 is 0 Å². The lowest BCUT2D eigenvalue weighted by atomic mass is 9.93. The lowest BCUT2D eigenvalue weighted by molar-refractivity contribution is -0.149. The van der Waals surface area contributed by atoms with Crippen molar-refractivity contribution >= 4 is 45.5 Å². The highest BCUT2D eigenvalue weighted by Gasteiger charge is 2.35. The number of aromatic hydroxyl groups is 1. The van der Waals surface area contributed by atoms with Crippen LogP contribution in [-0.2, 0) is 9.53 Å². The van der Waals surface area contributed by atoms with Gasteiger partial charge in [-0.1, -0.05) is 40.6 Å². The van der Waals surface area contributed by atoms with Crippen molar-refractivity contribution in [3.8, 4) is 17.5 Å². The second kappa shape index (κ2) is 9.58. The van der Waals surface area contributed by atoms with E-state index in [0.717, 1.165) is 5.56 Å². The van der Waals surface area contributed by atoms with Gasteiger partial charge in [0.25, 0.3) is 0 Å². The summed E-state index contributed by atoms with van der Waals surface area (Å²) in [6, 6.07) is 8.52. The number of benzene rings is 1. The highest BCUT2D eigenvalue weighted by atomic mass is 35.5. The number of thiazole rings is 1. The van der Waals surface area contributed by atoms with Crippen molar-refractivity contribution in [3.63, 3.8) is 0 Å². The van der Waals surface area contributed by atoms with Crippen molar-refractivity contribution in [2.45, 2.75) is 25.8 Å². The Morgan fingerprint density at radius 3 is 2.76 bits per heavy atom. The van der Waals surface area contributed by atoms with Gasteiger partial charge >= 0.3 is 5.97 Å². The number of piperidine rings is 1. The maximum Gasteiger partial charge on any atom is 0.309 e. The molecule has 0 amide bonds. The molecule has 0 saturated carbocycles. The summed E-state index contributed by atoms with van der Waals surface area (Å²) in [4.78, 5) is 20.2. The number of likely N-dealkylation sites (tertiary alicyclic amines) is 1. The molecule has 8 nitrogen and oxygen atoms in total. The number of esters is 1. The van der Waals surface area contributed by atoms with E-state index in [4.69, 9.17) is 32.4 Å². The zero-order valence-corrected chi connectivity index (χ0v) is 20.6. The number of aromatic nitrogens is 3. The minimum Gasteiger partial charge on any atom is -0.492 e. The van der Waals surface area contributed by atoms with Crippen LogP contribution in [0.1, 0.15) is 36.2 Å². The number of furan rings is 1. The predicted molar refractivity (Wildman–Crippen MR) is 129 cm³/mol. The van der Waals surface area contributed by atoms with Gasteiger partial charge in [-0.3, -0.25) is 9.69 Å². The topological polar surface area (TPSA) is 93.1 Å². The van der Waals surface area contributed by atoms with Crippen LogP contribution in [-0.4, -0.2) is 50.3 Å². The number of nitrogens with zero attached hydrogens (tertiary/aromatic N) is 4.